The highest BCUT2D eigenvalue weighted by molar-refractivity contribution is 4.55. The van der Waals surface area contributed by atoms with E-state index in [0.717, 1.165) is 12.8 Å². The van der Waals surface area contributed by atoms with Gasteiger partial charge < -0.3 is 10.8 Å². The summed E-state index contributed by atoms with van der Waals surface area (Å²) in [6, 6.07) is 0. The van der Waals surface area contributed by atoms with E-state index in [-0.39, 0.29) is 6.61 Å². The first-order valence-corrected chi connectivity index (χ1v) is 4.16. The zero-order valence-corrected chi connectivity index (χ0v) is 7.43. The molecule has 1 unspecified atom stereocenters. The van der Waals surface area contributed by atoms with Crippen LogP contribution in [0.3, 0.4) is 0 Å². The molecule has 0 aromatic carbocycles. The largest absolute Gasteiger partial charge is 0.396 e. The van der Waals surface area contributed by atoms with Crippen LogP contribution in [0.2, 0.25) is 0 Å². The Labute approximate surface area is 64.4 Å². The van der Waals surface area contributed by atoms with Gasteiger partial charge in [0.1, 0.15) is 0 Å². The van der Waals surface area contributed by atoms with Crippen LogP contribution in [0.25, 0.3) is 0 Å². The van der Waals surface area contributed by atoms with Crippen LogP contribution in [-0.2, 0) is 0 Å². The maximum atomic E-state index is 8.58. The predicted octanol–water partition coefficient (Wildman–Crippen LogP) is 1.38. The summed E-state index contributed by atoms with van der Waals surface area (Å²) in [6.07, 6.45) is 2.16. The fourth-order valence-electron chi connectivity index (χ4n) is 0.692. The summed E-state index contributed by atoms with van der Waals surface area (Å²) in [5, 5.41) is 8.58. The second-order valence-electron chi connectivity index (χ2n) is 2.07. The van der Waals surface area contributed by atoms with Gasteiger partial charge in [-0.1, -0.05) is 27.2 Å². The average Bonchev–Trinajstić information content (AvgIpc) is 2.04. The minimum atomic E-state index is 0.240. The lowest BCUT2D eigenvalue weighted by atomic mass is 10.1. The van der Waals surface area contributed by atoms with Crippen molar-refractivity contribution in [2.75, 3.05) is 13.2 Å². The molecule has 0 heterocycles. The Hall–Kier alpha value is -0.0800. The third-order valence-electron chi connectivity index (χ3n) is 1.29. The molecule has 0 saturated carbocycles. The van der Waals surface area contributed by atoms with Gasteiger partial charge in [0.05, 0.1) is 0 Å². The van der Waals surface area contributed by atoms with Crippen molar-refractivity contribution in [3.05, 3.63) is 0 Å². The van der Waals surface area contributed by atoms with Gasteiger partial charge in [0, 0.05) is 6.61 Å². The van der Waals surface area contributed by atoms with Crippen molar-refractivity contribution in [1.29, 1.82) is 0 Å². The van der Waals surface area contributed by atoms with Gasteiger partial charge in [-0.05, 0) is 18.9 Å². The molecule has 64 valence electrons. The van der Waals surface area contributed by atoms with Crippen LogP contribution in [0.15, 0.2) is 0 Å². The van der Waals surface area contributed by atoms with E-state index in [1.165, 1.54) is 0 Å². The Bertz CT molecular complexity index is 44.5. The highest BCUT2D eigenvalue weighted by Gasteiger charge is 2.00. The molecule has 0 aromatic rings. The quantitative estimate of drug-likeness (QED) is 0.631. The molecule has 10 heavy (non-hydrogen) atoms. The molecule has 0 amide bonds. The Kier molecular flexibility index (Phi) is 14.7. The molecule has 0 bridgehead atoms. The molecular weight excluding hydrogens is 126 g/mol. The zero-order chi connectivity index (χ0) is 8.41. The normalized spacial score (nSPS) is 11.7. The molecule has 0 aromatic heterocycles. The summed E-state index contributed by atoms with van der Waals surface area (Å²) in [4.78, 5) is 0. The van der Waals surface area contributed by atoms with Gasteiger partial charge in [-0.15, -0.1) is 0 Å². The van der Waals surface area contributed by atoms with E-state index in [2.05, 4.69) is 6.92 Å². The molecule has 3 N–H and O–H groups in total. The van der Waals surface area contributed by atoms with Crippen molar-refractivity contribution in [1.82, 2.24) is 0 Å². The Morgan fingerprint density at radius 3 is 2.00 bits per heavy atom. The molecule has 0 aliphatic heterocycles. The first kappa shape index (κ1) is 12.6. The number of hydrogen-bond acceptors (Lipinski definition) is 2. The smallest absolute Gasteiger partial charge is 0.0471 e. The molecule has 2 nitrogen and oxygen atoms in total. The Morgan fingerprint density at radius 1 is 1.40 bits per heavy atom. The fraction of sp³-hybridized carbons (Fsp3) is 1.00. The van der Waals surface area contributed by atoms with Gasteiger partial charge in [-0.25, -0.2) is 0 Å². The summed E-state index contributed by atoms with van der Waals surface area (Å²) in [5.74, 6) is 0.333. The van der Waals surface area contributed by atoms with Crippen molar-refractivity contribution < 1.29 is 5.11 Å². The molecule has 0 radical (unpaired) electrons. The van der Waals surface area contributed by atoms with Crippen molar-refractivity contribution in [2.24, 2.45) is 11.7 Å². The molecule has 2 heteroatoms. The standard InChI is InChI=1S/C6H15NO.C2H6/c1-2-3-6(4-7)5-8;1-2/h6,8H,2-5,7H2,1H3;1-2H3. The number of nitrogens with two attached hydrogens (primary N) is 1. The predicted molar refractivity (Wildman–Crippen MR) is 45.9 cm³/mol. The number of hydrogen-bond donors (Lipinski definition) is 2. The van der Waals surface area contributed by atoms with Crippen LogP contribution in [0, 0.1) is 5.92 Å². The maximum absolute atomic E-state index is 8.58. The van der Waals surface area contributed by atoms with Gasteiger partial charge in [0.2, 0.25) is 0 Å². The van der Waals surface area contributed by atoms with E-state index >= 15 is 0 Å². The molecule has 0 rings (SSSR count). The van der Waals surface area contributed by atoms with Gasteiger partial charge >= 0.3 is 0 Å². The third-order valence-corrected chi connectivity index (χ3v) is 1.29. The van der Waals surface area contributed by atoms with Crippen molar-refractivity contribution in [2.45, 2.75) is 33.6 Å². The van der Waals surface area contributed by atoms with Crippen molar-refractivity contribution in [3.8, 4) is 0 Å². The lowest BCUT2D eigenvalue weighted by Crippen LogP contribution is -2.17. The summed E-state index contributed by atoms with van der Waals surface area (Å²) >= 11 is 0. The zero-order valence-electron chi connectivity index (χ0n) is 7.43. The maximum Gasteiger partial charge on any atom is 0.0471 e. The second kappa shape index (κ2) is 11.7. The Balaban J connectivity index is 0. The fourth-order valence-corrected chi connectivity index (χ4v) is 0.692. The SMILES string of the molecule is CC.CCCC(CN)CO. The molecule has 1 atom stereocenters. The van der Waals surface area contributed by atoms with Crippen molar-refractivity contribution >= 4 is 0 Å². The van der Waals surface area contributed by atoms with E-state index in [0.29, 0.717) is 12.5 Å². The Morgan fingerprint density at radius 2 is 1.90 bits per heavy atom. The summed E-state index contributed by atoms with van der Waals surface area (Å²) in [6.45, 7) is 6.95. The molecule has 0 aliphatic carbocycles. The number of rotatable bonds is 4. The van der Waals surface area contributed by atoms with Crippen molar-refractivity contribution in [3.63, 3.8) is 0 Å². The highest BCUT2D eigenvalue weighted by Crippen LogP contribution is 2.01. The van der Waals surface area contributed by atoms with E-state index in [9.17, 15) is 0 Å². The first-order valence-electron chi connectivity index (χ1n) is 4.16. The third kappa shape index (κ3) is 7.92. The van der Waals surface area contributed by atoms with E-state index in [4.69, 9.17) is 10.8 Å². The minimum absolute atomic E-state index is 0.240. The van der Waals surface area contributed by atoms with Crippen LogP contribution >= 0.6 is 0 Å². The van der Waals surface area contributed by atoms with Crippen LogP contribution in [0.4, 0.5) is 0 Å². The van der Waals surface area contributed by atoms with Crippen LogP contribution in [-0.4, -0.2) is 18.3 Å². The number of aliphatic hydroxyl groups is 1. The highest BCUT2D eigenvalue weighted by atomic mass is 16.3. The minimum Gasteiger partial charge on any atom is -0.396 e. The number of aliphatic hydroxyl groups excluding tert-OH is 1. The van der Waals surface area contributed by atoms with Crippen LogP contribution in [0.5, 0.6) is 0 Å². The molecule has 0 aliphatic rings. The first-order chi connectivity index (χ1) is 4.85. The lowest BCUT2D eigenvalue weighted by molar-refractivity contribution is 0.222. The van der Waals surface area contributed by atoms with Crippen LogP contribution in [0.1, 0.15) is 33.6 Å². The summed E-state index contributed by atoms with van der Waals surface area (Å²) in [5.41, 5.74) is 5.31. The van der Waals surface area contributed by atoms with Gasteiger partial charge in [0.25, 0.3) is 0 Å². The molecule has 0 fully saturated rings. The van der Waals surface area contributed by atoms with E-state index in [1.807, 2.05) is 13.8 Å². The van der Waals surface area contributed by atoms with Gasteiger partial charge in [0.15, 0.2) is 0 Å². The second-order valence-corrected chi connectivity index (χ2v) is 2.07. The monoisotopic (exact) mass is 147 g/mol. The summed E-state index contributed by atoms with van der Waals surface area (Å²) in [7, 11) is 0. The van der Waals surface area contributed by atoms with E-state index in [1.54, 1.807) is 0 Å². The molecule has 0 spiro atoms. The molecular formula is C8H21NO. The van der Waals surface area contributed by atoms with Gasteiger partial charge in [-0.3, -0.25) is 0 Å². The topological polar surface area (TPSA) is 46.2 Å². The summed E-state index contributed by atoms with van der Waals surface area (Å²) < 4.78 is 0. The average molecular weight is 147 g/mol. The lowest BCUT2D eigenvalue weighted by Gasteiger charge is -2.07. The van der Waals surface area contributed by atoms with E-state index < -0.39 is 0 Å². The van der Waals surface area contributed by atoms with Gasteiger partial charge in [-0.2, -0.15) is 0 Å². The molecule has 0 saturated heterocycles. The van der Waals surface area contributed by atoms with Crippen LogP contribution < -0.4 is 5.73 Å².